The van der Waals surface area contributed by atoms with Gasteiger partial charge in [-0.1, -0.05) is 19.8 Å². The Kier molecular flexibility index (Phi) is 4.78. The van der Waals surface area contributed by atoms with Crippen molar-refractivity contribution in [2.45, 2.75) is 70.0 Å². The molecule has 0 spiro atoms. The highest BCUT2D eigenvalue weighted by molar-refractivity contribution is 4.96. The quantitative estimate of drug-likeness (QED) is 0.845. The first-order chi connectivity index (χ1) is 9.40. The molecule has 2 aliphatic heterocycles. The minimum atomic E-state index is 0.627. The summed E-state index contributed by atoms with van der Waals surface area (Å²) in [6.07, 6.45) is 9.89. The van der Waals surface area contributed by atoms with Gasteiger partial charge in [-0.05, 0) is 51.1 Å². The van der Waals surface area contributed by atoms with Crippen LogP contribution in [0.25, 0.3) is 0 Å². The van der Waals surface area contributed by atoms with Gasteiger partial charge in [-0.25, -0.2) is 0 Å². The summed E-state index contributed by atoms with van der Waals surface area (Å²) in [5, 5.41) is 3.70. The Morgan fingerprint density at radius 1 is 1.05 bits per heavy atom. The molecule has 0 radical (unpaired) electrons. The van der Waals surface area contributed by atoms with Gasteiger partial charge in [0.2, 0.25) is 0 Å². The smallest absolute Gasteiger partial charge is 0.0637 e. The van der Waals surface area contributed by atoms with E-state index < -0.39 is 0 Å². The van der Waals surface area contributed by atoms with E-state index in [1.165, 1.54) is 51.5 Å². The molecular weight excluding hydrogens is 236 g/mol. The Hall–Kier alpha value is -0.120. The summed E-state index contributed by atoms with van der Waals surface area (Å²) in [6.45, 7) is 6.50. The van der Waals surface area contributed by atoms with Crippen molar-refractivity contribution in [1.82, 2.24) is 10.2 Å². The predicted octanol–water partition coefficient (Wildman–Crippen LogP) is 2.41. The van der Waals surface area contributed by atoms with E-state index in [0.717, 1.165) is 31.7 Å². The number of hydrogen-bond acceptors (Lipinski definition) is 3. The molecule has 1 aliphatic carbocycles. The summed E-state index contributed by atoms with van der Waals surface area (Å²) < 4.78 is 5.80. The van der Waals surface area contributed by atoms with Crippen LogP contribution in [0.15, 0.2) is 0 Å². The van der Waals surface area contributed by atoms with Crippen LogP contribution in [0, 0.1) is 5.92 Å². The molecule has 0 aromatic carbocycles. The Morgan fingerprint density at radius 3 is 2.68 bits per heavy atom. The van der Waals surface area contributed by atoms with E-state index in [0.29, 0.717) is 12.1 Å². The molecule has 2 saturated heterocycles. The molecule has 1 N–H and O–H groups in total. The van der Waals surface area contributed by atoms with Gasteiger partial charge in [-0.2, -0.15) is 0 Å². The summed E-state index contributed by atoms with van der Waals surface area (Å²) in [4.78, 5) is 2.82. The number of hydrogen-bond donors (Lipinski definition) is 1. The molecule has 0 aromatic heterocycles. The lowest BCUT2D eigenvalue weighted by molar-refractivity contribution is -0.0157. The van der Waals surface area contributed by atoms with E-state index in [9.17, 15) is 0 Å². The molecule has 3 atom stereocenters. The Bertz CT molecular complexity index is 276. The van der Waals surface area contributed by atoms with Gasteiger partial charge >= 0.3 is 0 Å². The molecule has 0 aromatic rings. The molecule has 2 heterocycles. The molecule has 0 bridgehead atoms. The molecule has 3 unspecified atom stereocenters. The fraction of sp³-hybridized carbons (Fsp3) is 1.00. The Labute approximate surface area is 118 Å². The standard InChI is InChI=1S/C16H30N2O/c1-2-17-14-9-11-19-12-16(14)18-10-5-8-15(18)13-6-3-4-7-13/h13-17H,2-12H2,1H3. The second-order valence-corrected chi connectivity index (χ2v) is 6.59. The van der Waals surface area contributed by atoms with Gasteiger partial charge in [0.25, 0.3) is 0 Å². The Balaban J connectivity index is 1.67. The molecule has 0 amide bonds. The van der Waals surface area contributed by atoms with Gasteiger partial charge in [0, 0.05) is 24.7 Å². The average Bonchev–Trinajstić information content (AvgIpc) is 3.10. The third kappa shape index (κ3) is 2.98. The van der Waals surface area contributed by atoms with Crippen molar-refractivity contribution >= 4 is 0 Å². The van der Waals surface area contributed by atoms with Crippen LogP contribution in [-0.2, 0) is 4.74 Å². The van der Waals surface area contributed by atoms with Crippen LogP contribution in [-0.4, -0.2) is 49.3 Å². The highest BCUT2D eigenvalue weighted by Gasteiger charge is 2.40. The van der Waals surface area contributed by atoms with E-state index in [-0.39, 0.29) is 0 Å². The average molecular weight is 266 g/mol. The molecule has 1 saturated carbocycles. The Morgan fingerprint density at radius 2 is 1.89 bits per heavy atom. The summed E-state index contributed by atoms with van der Waals surface area (Å²) >= 11 is 0. The van der Waals surface area contributed by atoms with Crippen molar-refractivity contribution in [2.24, 2.45) is 5.92 Å². The number of ether oxygens (including phenoxy) is 1. The molecule has 3 nitrogen and oxygen atoms in total. The normalized spacial score (nSPS) is 38.1. The molecule has 3 heteroatoms. The third-order valence-corrected chi connectivity index (χ3v) is 5.50. The molecular formula is C16H30N2O. The fourth-order valence-electron chi connectivity index (χ4n) is 4.63. The maximum absolute atomic E-state index is 5.80. The van der Waals surface area contributed by atoms with E-state index in [2.05, 4.69) is 17.1 Å². The maximum Gasteiger partial charge on any atom is 0.0637 e. The van der Waals surface area contributed by atoms with Crippen LogP contribution in [0.3, 0.4) is 0 Å². The number of rotatable bonds is 4. The zero-order valence-electron chi connectivity index (χ0n) is 12.4. The fourth-order valence-corrected chi connectivity index (χ4v) is 4.63. The van der Waals surface area contributed by atoms with Gasteiger partial charge < -0.3 is 10.1 Å². The van der Waals surface area contributed by atoms with Crippen molar-refractivity contribution < 1.29 is 4.74 Å². The molecule has 110 valence electrons. The third-order valence-electron chi connectivity index (χ3n) is 5.50. The summed E-state index contributed by atoms with van der Waals surface area (Å²) in [5.74, 6) is 0.978. The molecule has 3 aliphatic rings. The van der Waals surface area contributed by atoms with Gasteiger partial charge in [0.15, 0.2) is 0 Å². The number of likely N-dealkylation sites (tertiary alicyclic amines) is 1. The van der Waals surface area contributed by atoms with Crippen LogP contribution in [0.1, 0.15) is 51.9 Å². The lowest BCUT2D eigenvalue weighted by Crippen LogP contribution is -2.57. The van der Waals surface area contributed by atoms with E-state index >= 15 is 0 Å². The second-order valence-electron chi connectivity index (χ2n) is 6.59. The zero-order chi connectivity index (χ0) is 13.1. The zero-order valence-corrected chi connectivity index (χ0v) is 12.4. The van der Waals surface area contributed by atoms with Gasteiger partial charge in [-0.3, -0.25) is 4.90 Å². The van der Waals surface area contributed by atoms with Gasteiger partial charge in [0.1, 0.15) is 0 Å². The summed E-state index contributed by atoms with van der Waals surface area (Å²) in [7, 11) is 0. The van der Waals surface area contributed by atoms with Crippen LogP contribution in [0.5, 0.6) is 0 Å². The van der Waals surface area contributed by atoms with Crippen LogP contribution >= 0.6 is 0 Å². The van der Waals surface area contributed by atoms with Crippen molar-refractivity contribution in [3.63, 3.8) is 0 Å². The summed E-state index contributed by atoms with van der Waals surface area (Å²) in [6, 6.07) is 2.14. The highest BCUT2D eigenvalue weighted by atomic mass is 16.5. The van der Waals surface area contributed by atoms with Crippen molar-refractivity contribution in [2.75, 3.05) is 26.3 Å². The van der Waals surface area contributed by atoms with Crippen LogP contribution < -0.4 is 5.32 Å². The number of nitrogens with zero attached hydrogens (tertiary/aromatic N) is 1. The highest BCUT2D eigenvalue weighted by Crippen LogP contribution is 2.37. The number of nitrogens with one attached hydrogen (secondary N) is 1. The molecule has 3 fully saturated rings. The van der Waals surface area contributed by atoms with Crippen LogP contribution in [0.4, 0.5) is 0 Å². The first-order valence-electron chi connectivity index (χ1n) is 8.47. The van der Waals surface area contributed by atoms with Crippen molar-refractivity contribution in [1.29, 1.82) is 0 Å². The SMILES string of the molecule is CCNC1CCOCC1N1CCCC1C1CCCC1. The minimum Gasteiger partial charge on any atom is -0.380 e. The molecule has 19 heavy (non-hydrogen) atoms. The predicted molar refractivity (Wildman–Crippen MR) is 78.4 cm³/mol. The van der Waals surface area contributed by atoms with E-state index in [4.69, 9.17) is 4.74 Å². The van der Waals surface area contributed by atoms with Crippen LogP contribution in [0.2, 0.25) is 0 Å². The second kappa shape index (κ2) is 6.55. The number of likely N-dealkylation sites (N-methyl/N-ethyl adjacent to an activating group) is 1. The lowest BCUT2D eigenvalue weighted by atomic mass is 9.93. The van der Waals surface area contributed by atoms with Crippen molar-refractivity contribution in [3.8, 4) is 0 Å². The van der Waals surface area contributed by atoms with E-state index in [1.54, 1.807) is 0 Å². The molecule has 3 rings (SSSR count). The monoisotopic (exact) mass is 266 g/mol. The van der Waals surface area contributed by atoms with Crippen molar-refractivity contribution in [3.05, 3.63) is 0 Å². The summed E-state index contributed by atoms with van der Waals surface area (Å²) in [5.41, 5.74) is 0. The van der Waals surface area contributed by atoms with Gasteiger partial charge in [-0.15, -0.1) is 0 Å². The maximum atomic E-state index is 5.80. The van der Waals surface area contributed by atoms with E-state index in [1.807, 2.05) is 0 Å². The first kappa shape index (κ1) is 13.8. The largest absolute Gasteiger partial charge is 0.380 e. The topological polar surface area (TPSA) is 24.5 Å². The van der Waals surface area contributed by atoms with Gasteiger partial charge in [0.05, 0.1) is 6.61 Å². The first-order valence-corrected chi connectivity index (χ1v) is 8.47. The minimum absolute atomic E-state index is 0.627. The lowest BCUT2D eigenvalue weighted by Gasteiger charge is -2.42.